The topological polar surface area (TPSA) is 97.3 Å². The monoisotopic (exact) mass is 455 g/mol. The van der Waals surface area contributed by atoms with Gasteiger partial charge < -0.3 is 9.47 Å². The molecule has 1 amide bonds. The average molecular weight is 455 g/mol. The predicted octanol–water partition coefficient (Wildman–Crippen LogP) is 3.09. The van der Waals surface area contributed by atoms with E-state index in [9.17, 15) is 22.0 Å². The molecule has 0 unspecified atom stereocenters. The molecule has 0 aliphatic carbocycles. The molecular weight excluding hydrogens is 432 g/mol. The van der Waals surface area contributed by atoms with E-state index in [1.165, 1.54) is 60.1 Å². The van der Waals surface area contributed by atoms with Crippen LogP contribution in [0.25, 0.3) is 0 Å². The van der Waals surface area contributed by atoms with Gasteiger partial charge in [0.25, 0.3) is 5.91 Å². The number of nitrogens with zero attached hydrogens (tertiary/aromatic N) is 2. The van der Waals surface area contributed by atoms with E-state index in [2.05, 4.69) is 15.3 Å². The molecule has 2 aromatic rings. The zero-order valence-electron chi connectivity index (χ0n) is 17.2. The van der Waals surface area contributed by atoms with Crippen LogP contribution < -0.4 is 14.9 Å². The Morgan fingerprint density at radius 3 is 2.48 bits per heavy atom. The lowest BCUT2D eigenvalue weighted by Gasteiger charge is -2.18. The fraction of sp³-hybridized carbons (Fsp3) is 0.300. The quantitative estimate of drug-likeness (QED) is 0.439. The van der Waals surface area contributed by atoms with E-state index in [4.69, 9.17) is 4.74 Å². The molecule has 0 aliphatic heterocycles. The molecule has 0 saturated carbocycles. The Bertz CT molecular complexity index is 1040. The van der Waals surface area contributed by atoms with Crippen LogP contribution >= 0.6 is 0 Å². The van der Waals surface area contributed by atoms with Crippen LogP contribution in [0.3, 0.4) is 0 Å². The van der Waals surface area contributed by atoms with Crippen molar-refractivity contribution in [3.05, 3.63) is 53.6 Å². The fourth-order valence-electron chi connectivity index (χ4n) is 2.70. The SMILES string of the molecule is CCN(CC)S(=O)(=O)c1cccc(C(=O)N/N=C\c2ccc(OC(F)F)c(OC)c2)c1. The van der Waals surface area contributed by atoms with Gasteiger partial charge in [-0.05, 0) is 42.0 Å². The summed E-state index contributed by atoms with van der Waals surface area (Å²) in [6.07, 6.45) is 1.28. The number of ether oxygens (including phenoxy) is 2. The third kappa shape index (κ3) is 6.22. The highest BCUT2D eigenvalue weighted by Crippen LogP contribution is 2.28. The van der Waals surface area contributed by atoms with Gasteiger partial charge in [-0.15, -0.1) is 0 Å². The van der Waals surface area contributed by atoms with Gasteiger partial charge >= 0.3 is 6.61 Å². The zero-order chi connectivity index (χ0) is 23.0. The first-order valence-electron chi connectivity index (χ1n) is 9.29. The number of halogens is 2. The van der Waals surface area contributed by atoms with Crippen molar-refractivity contribution in [3.8, 4) is 11.5 Å². The lowest BCUT2D eigenvalue weighted by Crippen LogP contribution is -2.30. The lowest BCUT2D eigenvalue weighted by molar-refractivity contribution is -0.0512. The summed E-state index contributed by atoms with van der Waals surface area (Å²) in [7, 11) is -2.40. The van der Waals surface area contributed by atoms with E-state index in [1.54, 1.807) is 13.8 Å². The number of rotatable bonds is 10. The molecule has 168 valence electrons. The number of alkyl halides is 2. The van der Waals surface area contributed by atoms with Crippen LogP contribution in [0.1, 0.15) is 29.8 Å². The van der Waals surface area contributed by atoms with E-state index in [0.29, 0.717) is 18.7 Å². The predicted molar refractivity (Wildman–Crippen MR) is 111 cm³/mol. The van der Waals surface area contributed by atoms with Gasteiger partial charge in [0.15, 0.2) is 11.5 Å². The first-order chi connectivity index (χ1) is 14.7. The molecule has 8 nitrogen and oxygen atoms in total. The fourth-order valence-corrected chi connectivity index (χ4v) is 4.20. The molecule has 0 radical (unpaired) electrons. The lowest BCUT2D eigenvalue weighted by atomic mass is 10.2. The minimum Gasteiger partial charge on any atom is -0.493 e. The second-order valence-corrected chi connectivity index (χ2v) is 8.04. The van der Waals surface area contributed by atoms with Crippen LogP contribution in [0.2, 0.25) is 0 Å². The van der Waals surface area contributed by atoms with Gasteiger partial charge in [-0.25, -0.2) is 13.8 Å². The Morgan fingerprint density at radius 1 is 1.16 bits per heavy atom. The number of nitrogens with one attached hydrogen (secondary N) is 1. The number of hydrogen-bond donors (Lipinski definition) is 1. The van der Waals surface area contributed by atoms with Gasteiger partial charge in [0.2, 0.25) is 10.0 Å². The molecule has 0 atom stereocenters. The van der Waals surface area contributed by atoms with Crippen LogP contribution in [-0.4, -0.2) is 51.7 Å². The summed E-state index contributed by atoms with van der Waals surface area (Å²) in [6.45, 7) is 1.09. The highest BCUT2D eigenvalue weighted by Gasteiger charge is 2.22. The zero-order valence-corrected chi connectivity index (χ0v) is 18.0. The summed E-state index contributed by atoms with van der Waals surface area (Å²) in [5, 5.41) is 3.81. The molecule has 0 heterocycles. The molecule has 0 aromatic heterocycles. The number of hydrazone groups is 1. The first-order valence-corrected chi connectivity index (χ1v) is 10.7. The molecule has 0 fully saturated rings. The number of sulfonamides is 1. The van der Waals surface area contributed by atoms with Crippen molar-refractivity contribution in [2.75, 3.05) is 20.2 Å². The minimum absolute atomic E-state index is 0.00665. The van der Waals surface area contributed by atoms with Crippen LogP contribution in [0.5, 0.6) is 11.5 Å². The van der Waals surface area contributed by atoms with Crippen molar-refractivity contribution in [1.82, 2.24) is 9.73 Å². The van der Waals surface area contributed by atoms with Crippen LogP contribution in [-0.2, 0) is 10.0 Å². The van der Waals surface area contributed by atoms with Gasteiger partial charge in [0.1, 0.15) is 0 Å². The van der Waals surface area contributed by atoms with E-state index in [1.807, 2.05) is 0 Å². The summed E-state index contributed by atoms with van der Waals surface area (Å²) < 4.78 is 60.6. The second kappa shape index (κ2) is 10.8. The second-order valence-electron chi connectivity index (χ2n) is 6.11. The molecular formula is C20H23F2N3O5S. The van der Waals surface area contributed by atoms with Gasteiger partial charge in [0, 0.05) is 18.7 Å². The molecule has 1 N–H and O–H groups in total. The number of hydrogen-bond acceptors (Lipinski definition) is 6. The number of carbonyl (C=O) groups is 1. The first kappa shape index (κ1) is 24.2. The van der Waals surface area contributed by atoms with Crippen molar-refractivity contribution >= 4 is 22.1 Å². The van der Waals surface area contributed by atoms with E-state index >= 15 is 0 Å². The molecule has 31 heavy (non-hydrogen) atoms. The Morgan fingerprint density at radius 2 is 1.87 bits per heavy atom. The van der Waals surface area contributed by atoms with E-state index in [-0.39, 0.29) is 22.0 Å². The van der Waals surface area contributed by atoms with Crippen molar-refractivity contribution in [2.24, 2.45) is 5.10 Å². The molecule has 0 spiro atoms. The van der Waals surface area contributed by atoms with Crippen LogP contribution in [0, 0.1) is 0 Å². The summed E-state index contributed by atoms with van der Waals surface area (Å²) in [6, 6.07) is 9.78. The highest BCUT2D eigenvalue weighted by molar-refractivity contribution is 7.89. The van der Waals surface area contributed by atoms with Gasteiger partial charge in [-0.3, -0.25) is 4.79 Å². The standard InChI is InChI=1S/C20H23F2N3O5S/c1-4-25(5-2)31(27,28)16-8-6-7-15(12-16)19(26)24-23-13-14-9-10-17(30-20(21)22)18(11-14)29-3/h6-13,20H,4-5H2,1-3H3,(H,24,26)/b23-13-. The van der Waals surface area contributed by atoms with E-state index < -0.39 is 22.5 Å². The van der Waals surface area contributed by atoms with E-state index in [0.717, 1.165) is 0 Å². The Balaban J connectivity index is 2.14. The molecule has 0 bridgehead atoms. The normalized spacial score (nSPS) is 11.8. The highest BCUT2D eigenvalue weighted by atomic mass is 32.2. The van der Waals surface area contributed by atoms with Crippen LogP contribution in [0.4, 0.5) is 8.78 Å². The molecule has 0 saturated heterocycles. The summed E-state index contributed by atoms with van der Waals surface area (Å²) in [5.74, 6) is -0.674. The number of methoxy groups -OCH3 is 1. The van der Waals surface area contributed by atoms with Gasteiger partial charge in [0.05, 0.1) is 18.2 Å². The Kier molecular flexibility index (Phi) is 8.46. The third-order valence-electron chi connectivity index (χ3n) is 4.22. The Hall–Kier alpha value is -3.05. The smallest absolute Gasteiger partial charge is 0.387 e. The summed E-state index contributed by atoms with van der Waals surface area (Å²) in [5.41, 5.74) is 2.87. The summed E-state index contributed by atoms with van der Waals surface area (Å²) >= 11 is 0. The number of carbonyl (C=O) groups excluding carboxylic acids is 1. The Labute approximate surface area is 179 Å². The van der Waals surface area contributed by atoms with Gasteiger partial charge in [-0.2, -0.15) is 18.2 Å². The molecule has 11 heteroatoms. The molecule has 0 aliphatic rings. The van der Waals surface area contributed by atoms with Crippen molar-refractivity contribution in [2.45, 2.75) is 25.4 Å². The van der Waals surface area contributed by atoms with Gasteiger partial charge in [-0.1, -0.05) is 19.9 Å². The van der Waals surface area contributed by atoms with Crippen molar-refractivity contribution in [3.63, 3.8) is 0 Å². The molecule has 2 aromatic carbocycles. The number of benzene rings is 2. The minimum atomic E-state index is -3.71. The largest absolute Gasteiger partial charge is 0.493 e. The maximum absolute atomic E-state index is 12.6. The maximum atomic E-state index is 12.6. The third-order valence-corrected chi connectivity index (χ3v) is 6.27. The molecule has 2 rings (SSSR count). The van der Waals surface area contributed by atoms with Crippen LogP contribution in [0.15, 0.2) is 52.5 Å². The maximum Gasteiger partial charge on any atom is 0.387 e. The van der Waals surface area contributed by atoms with Crippen molar-refractivity contribution < 1.29 is 31.5 Å². The average Bonchev–Trinajstić information content (AvgIpc) is 2.75. The van der Waals surface area contributed by atoms with Crippen molar-refractivity contribution in [1.29, 1.82) is 0 Å². The number of amides is 1. The summed E-state index contributed by atoms with van der Waals surface area (Å²) in [4.78, 5) is 12.4.